The number of methoxy groups -OCH3 is 1. The van der Waals surface area contributed by atoms with Gasteiger partial charge in [-0.05, 0) is 41.8 Å². The van der Waals surface area contributed by atoms with Gasteiger partial charge >= 0.3 is 0 Å². The summed E-state index contributed by atoms with van der Waals surface area (Å²) in [5, 5.41) is 4.15. The number of nitrogens with one attached hydrogen (secondary N) is 1. The van der Waals surface area contributed by atoms with E-state index in [1.807, 2.05) is 25.1 Å². The van der Waals surface area contributed by atoms with Crippen molar-refractivity contribution in [3.05, 3.63) is 102 Å². The van der Waals surface area contributed by atoms with Crippen molar-refractivity contribution in [2.75, 3.05) is 26.9 Å². The molecule has 0 bridgehead atoms. The van der Waals surface area contributed by atoms with Crippen molar-refractivity contribution >= 4 is 16.8 Å². The van der Waals surface area contributed by atoms with Crippen molar-refractivity contribution in [2.24, 2.45) is 0 Å². The number of ether oxygens (including phenoxy) is 2. The molecule has 1 aromatic heterocycles. The van der Waals surface area contributed by atoms with Crippen molar-refractivity contribution in [1.29, 1.82) is 0 Å². The molecule has 0 aliphatic heterocycles. The maximum Gasteiger partial charge on any atom is 0.221 e. The third-order valence-corrected chi connectivity index (χ3v) is 6.00. The lowest BCUT2D eigenvalue weighted by Crippen LogP contribution is -2.28. The van der Waals surface area contributed by atoms with Crippen LogP contribution in [0, 0.1) is 0 Å². The number of hydrogen-bond donors (Lipinski definition) is 1. The Balaban J connectivity index is 1.72. The topological polar surface area (TPSA) is 52.5 Å². The van der Waals surface area contributed by atoms with E-state index in [-0.39, 0.29) is 11.8 Å². The average Bonchev–Trinajstić information content (AvgIpc) is 3.22. The van der Waals surface area contributed by atoms with Crippen molar-refractivity contribution in [3.8, 4) is 5.75 Å². The summed E-state index contributed by atoms with van der Waals surface area (Å²) in [4.78, 5) is 12.9. The SMILES string of the molecule is CCOc1ccc([C@@H](CC(=O)NCCOC)c2cn(Cc3ccccc3)c3ccccc23)cc1. The summed E-state index contributed by atoms with van der Waals surface area (Å²) in [6, 6.07) is 27.0. The predicted molar refractivity (Wildman–Crippen MR) is 136 cm³/mol. The van der Waals surface area contributed by atoms with Crippen molar-refractivity contribution < 1.29 is 14.3 Å². The molecule has 1 atom stereocenters. The highest BCUT2D eigenvalue weighted by molar-refractivity contribution is 5.86. The van der Waals surface area contributed by atoms with Gasteiger partial charge in [0.1, 0.15) is 5.75 Å². The third-order valence-electron chi connectivity index (χ3n) is 6.00. The van der Waals surface area contributed by atoms with Gasteiger partial charge in [-0.1, -0.05) is 60.7 Å². The van der Waals surface area contributed by atoms with E-state index in [2.05, 4.69) is 76.7 Å². The molecule has 4 rings (SSSR count). The molecular weight excluding hydrogens is 424 g/mol. The summed E-state index contributed by atoms with van der Waals surface area (Å²) in [6.45, 7) is 4.37. The van der Waals surface area contributed by atoms with Gasteiger partial charge in [-0.15, -0.1) is 0 Å². The fourth-order valence-electron chi connectivity index (χ4n) is 4.38. The number of hydrogen-bond acceptors (Lipinski definition) is 3. The summed E-state index contributed by atoms with van der Waals surface area (Å²) in [7, 11) is 1.64. The summed E-state index contributed by atoms with van der Waals surface area (Å²) in [5.74, 6) is 0.761. The molecule has 1 heterocycles. The molecule has 0 unspecified atom stereocenters. The fourth-order valence-corrected chi connectivity index (χ4v) is 4.38. The molecular formula is C29H32N2O3. The van der Waals surface area contributed by atoms with Crippen LogP contribution in [0.3, 0.4) is 0 Å². The molecule has 1 amide bonds. The first-order valence-electron chi connectivity index (χ1n) is 11.8. The van der Waals surface area contributed by atoms with E-state index in [0.717, 1.165) is 28.9 Å². The number of carbonyl (C=O) groups is 1. The quantitative estimate of drug-likeness (QED) is 0.309. The van der Waals surface area contributed by atoms with Crippen LogP contribution in [0.1, 0.15) is 36.0 Å². The molecule has 5 nitrogen and oxygen atoms in total. The Morgan fingerprint density at radius 3 is 2.44 bits per heavy atom. The smallest absolute Gasteiger partial charge is 0.221 e. The second kappa shape index (κ2) is 11.5. The van der Waals surface area contributed by atoms with Crippen LogP contribution in [0.15, 0.2) is 85.1 Å². The molecule has 1 N–H and O–H groups in total. The largest absolute Gasteiger partial charge is 0.494 e. The van der Waals surface area contributed by atoms with Crippen molar-refractivity contribution in [2.45, 2.75) is 25.8 Å². The second-order valence-electron chi connectivity index (χ2n) is 8.32. The summed E-state index contributed by atoms with van der Waals surface area (Å²) >= 11 is 0. The van der Waals surface area contributed by atoms with Gasteiger partial charge in [-0.2, -0.15) is 0 Å². The van der Waals surface area contributed by atoms with E-state index < -0.39 is 0 Å². The lowest BCUT2D eigenvalue weighted by atomic mass is 9.88. The molecule has 0 radical (unpaired) electrons. The first-order valence-corrected chi connectivity index (χ1v) is 11.8. The number of nitrogens with zero attached hydrogens (tertiary/aromatic N) is 1. The van der Waals surface area contributed by atoms with Crippen molar-refractivity contribution in [1.82, 2.24) is 9.88 Å². The summed E-state index contributed by atoms with van der Waals surface area (Å²) in [6.07, 6.45) is 2.57. The first kappa shape index (κ1) is 23.6. The number of aromatic nitrogens is 1. The Kier molecular flexibility index (Phi) is 7.99. The summed E-state index contributed by atoms with van der Waals surface area (Å²) in [5.41, 5.74) is 4.65. The molecule has 34 heavy (non-hydrogen) atoms. The fraction of sp³-hybridized carbons (Fsp3) is 0.276. The Bertz CT molecular complexity index is 1200. The molecule has 176 valence electrons. The molecule has 0 fully saturated rings. The van der Waals surface area contributed by atoms with Crippen LogP contribution < -0.4 is 10.1 Å². The van der Waals surface area contributed by atoms with Crippen molar-refractivity contribution in [3.63, 3.8) is 0 Å². The molecule has 5 heteroatoms. The lowest BCUT2D eigenvalue weighted by Gasteiger charge is -2.18. The van der Waals surface area contributed by atoms with Gasteiger partial charge in [0.15, 0.2) is 0 Å². The zero-order valence-electron chi connectivity index (χ0n) is 19.9. The van der Waals surface area contributed by atoms with Gasteiger partial charge in [-0.25, -0.2) is 0 Å². The minimum absolute atomic E-state index is 0.0100. The van der Waals surface area contributed by atoms with Crippen LogP contribution in [-0.4, -0.2) is 37.3 Å². The van der Waals surface area contributed by atoms with Crippen LogP contribution in [-0.2, 0) is 16.1 Å². The van der Waals surface area contributed by atoms with Crippen LogP contribution in [0.5, 0.6) is 5.75 Å². The molecule has 3 aromatic carbocycles. The van der Waals surface area contributed by atoms with E-state index in [1.165, 1.54) is 10.9 Å². The average molecular weight is 457 g/mol. The Hall–Kier alpha value is -3.57. The van der Waals surface area contributed by atoms with Gasteiger partial charge in [0.25, 0.3) is 0 Å². The van der Waals surface area contributed by atoms with Crippen LogP contribution in [0.4, 0.5) is 0 Å². The second-order valence-corrected chi connectivity index (χ2v) is 8.32. The summed E-state index contributed by atoms with van der Waals surface area (Å²) < 4.78 is 13.0. The van der Waals surface area contributed by atoms with Gasteiger partial charge in [0, 0.05) is 49.6 Å². The van der Waals surface area contributed by atoms with E-state index in [9.17, 15) is 4.79 Å². The monoisotopic (exact) mass is 456 g/mol. The van der Waals surface area contributed by atoms with Crippen LogP contribution in [0.25, 0.3) is 10.9 Å². The number of para-hydroxylation sites is 1. The normalized spacial score (nSPS) is 11.9. The van der Waals surface area contributed by atoms with Gasteiger partial charge in [0.2, 0.25) is 5.91 Å². The molecule has 0 aliphatic rings. The van der Waals surface area contributed by atoms with Crippen LogP contribution >= 0.6 is 0 Å². The lowest BCUT2D eigenvalue weighted by molar-refractivity contribution is -0.121. The molecule has 0 saturated heterocycles. The van der Waals surface area contributed by atoms with E-state index in [4.69, 9.17) is 9.47 Å². The zero-order valence-corrected chi connectivity index (χ0v) is 19.9. The zero-order chi connectivity index (χ0) is 23.8. The Morgan fingerprint density at radius 2 is 1.71 bits per heavy atom. The number of rotatable bonds is 11. The number of fused-ring (bicyclic) bond motifs is 1. The van der Waals surface area contributed by atoms with E-state index in [0.29, 0.717) is 26.2 Å². The Morgan fingerprint density at radius 1 is 0.971 bits per heavy atom. The van der Waals surface area contributed by atoms with Gasteiger partial charge in [-0.3, -0.25) is 4.79 Å². The first-order chi connectivity index (χ1) is 16.7. The number of amides is 1. The number of carbonyl (C=O) groups excluding carboxylic acids is 1. The molecule has 0 spiro atoms. The highest BCUT2D eigenvalue weighted by Crippen LogP contribution is 2.35. The minimum Gasteiger partial charge on any atom is -0.494 e. The highest BCUT2D eigenvalue weighted by Gasteiger charge is 2.23. The maximum absolute atomic E-state index is 12.9. The third kappa shape index (κ3) is 5.67. The van der Waals surface area contributed by atoms with E-state index >= 15 is 0 Å². The van der Waals surface area contributed by atoms with Gasteiger partial charge < -0.3 is 19.4 Å². The Labute approximate surface area is 201 Å². The van der Waals surface area contributed by atoms with Gasteiger partial charge in [0.05, 0.1) is 13.2 Å². The maximum atomic E-state index is 12.9. The van der Waals surface area contributed by atoms with E-state index in [1.54, 1.807) is 7.11 Å². The van der Waals surface area contributed by atoms with Crippen LogP contribution in [0.2, 0.25) is 0 Å². The predicted octanol–water partition coefficient (Wildman–Crippen LogP) is 5.37. The molecule has 0 saturated carbocycles. The minimum atomic E-state index is -0.0832. The number of benzene rings is 3. The molecule has 0 aliphatic carbocycles. The standard InChI is InChI=1S/C29H32N2O3/c1-3-34-24-15-13-23(14-16-24)26(19-29(32)30-17-18-33-2)27-21-31(20-22-9-5-4-6-10-22)28-12-8-7-11-25(27)28/h4-16,21,26H,3,17-20H2,1-2H3,(H,30,32)/t26-/m1/s1. The molecule has 4 aromatic rings. The highest BCUT2D eigenvalue weighted by atomic mass is 16.5.